The normalized spacial score (nSPS) is 19.0. The molecule has 0 saturated heterocycles. The van der Waals surface area contributed by atoms with Crippen molar-refractivity contribution in [2.24, 2.45) is 5.92 Å². The molecule has 0 aliphatic heterocycles. The van der Waals surface area contributed by atoms with Gasteiger partial charge in [0.25, 0.3) is 5.91 Å². The van der Waals surface area contributed by atoms with Gasteiger partial charge < -0.3 is 15.5 Å². The van der Waals surface area contributed by atoms with Gasteiger partial charge in [0.1, 0.15) is 11.4 Å². The number of anilines is 1. The summed E-state index contributed by atoms with van der Waals surface area (Å²) < 4.78 is 40.8. The standard InChI is InChI=1S/C24H25F3N4O4/c1-23(2,35)16-11-18-14(12-31(30-18)15-8-6-13(7-9-15)22(33)34)10-19(16)29-21(32)17-4-3-5-20(28-17)24(25,26)27/h3-5,10-13,15,35H,6-9H2,1-2H3,(H,29,32)(H,33,34). The van der Waals surface area contributed by atoms with Crippen LogP contribution in [0.15, 0.2) is 36.5 Å². The zero-order valence-electron chi connectivity index (χ0n) is 19.1. The van der Waals surface area contributed by atoms with Crippen LogP contribution in [0.2, 0.25) is 0 Å². The number of nitrogens with one attached hydrogen (secondary N) is 1. The first kappa shape index (κ1) is 24.6. The molecule has 0 spiro atoms. The summed E-state index contributed by atoms with van der Waals surface area (Å²) >= 11 is 0. The van der Waals surface area contributed by atoms with Gasteiger partial charge in [0, 0.05) is 22.8 Å². The predicted molar refractivity (Wildman–Crippen MR) is 121 cm³/mol. The van der Waals surface area contributed by atoms with Crippen LogP contribution in [0.3, 0.4) is 0 Å². The number of halogens is 3. The van der Waals surface area contributed by atoms with Crippen molar-refractivity contribution < 1.29 is 33.0 Å². The van der Waals surface area contributed by atoms with Gasteiger partial charge in [0.15, 0.2) is 0 Å². The Hall–Kier alpha value is -3.47. The number of amides is 1. The number of alkyl halides is 3. The minimum absolute atomic E-state index is 0.0240. The van der Waals surface area contributed by atoms with E-state index in [1.54, 1.807) is 23.0 Å². The molecule has 2 heterocycles. The lowest BCUT2D eigenvalue weighted by molar-refractivity contribution is -0.143. The molecule has 8 nitrogen and oxygen atoms in total. The van der Waals surface area contributed by atoms with Crippen LogP contribution >= 0.6 is 0 Å². The molecule has 2 aromatic heterocycles. The van der Waals surface area contributed by atoms with Crippen molar-refractivity contribution in [1.82, 2.24) is 14.8 Å². The summed E-state index contributed by atoms with van der Waals surface area (Å²) in [5, 5.41) is 27.8. The van der Waals surface area contributed by atoms with E-state index in [1.165, 1.54) is 19.9 Å². The number of carbonyl (C=O) groups is 2. The molecule has 1 aliphatic rings. The van der Waals surface area contributed by atoms with E-state index in [4.69, 9.17) is 0 Å². The molecule has 0 unspecified atom stereocenters. The highest BCUT2D eigenvalue weighted by molar-refractivity contribution is 6.04. The Labute approximate surface area is 198 Å². The van der Waals surface area contributed by atoms with E-state index in [9.17, 15) is 33.0 Å². The highest BCUT2D eigenvalue weighted by atomic mass is 19.4. The van der Waals surface area contributed by atoms with Gasteiger partial charge in [-0.25, -0.2) is 4.98 Å². The van der Waals surface area contributed by atoms with Crippen LogP contribution < -0.4 is 5.32 Å². The maximum absolute atomic E-state index is 13.0. The number of fused-ring (bicyclic) bond motifs is 1. The van der Waals surface area contributed by atoms with Crippen molar-refractivity contribution in [3.8, 4) is 0 Å². The van der Waals surface area contributed by atoms with E-state index in [1.807, 2.05) is 0 Å². The summed E-state index contributed by atoms with van der Waals surface area (Å²) in [4.78, 5) is 27.4. The van der Waals surface area contributed by atoms with Gasteiger partial charge in [-0.2, -0.15) is 18.3 Å². The van der Waals surface area contributed by atoms with Crippen molar-refractivity contribution >= 4 is 28.5 Å². The zero-order valence-corrected chi connectivity index (χ0v) is 19.1. The van der Waals surface area contributed by atoms with E-state index in [0.717, 1.165) is 12.1 Å². The molecular weight excluding hydrogens is 465 g/mol. The van der Waals surface area contributed by atoms with Gasteiger partial charge in [-0.3, -0.25) is 14.3 Å². The topological polar surface area (TPSA) is 117 Å². The smallest absolute Gasteiger partial charge is 0.433 e. The lowest BCUT2D eigenvalue weighted by Crippen LogP contribution is -2.23. The second-order valence-corrected chi connectivity index (χ2v) is 9.33. The summed E-state index contributed by atoms with van der Waals surface area (Å²) in [5.41, 5.74) is -1.85. The summed E-state index contributed by atoms with van der Waals surface area (Å²) in [6.07, 6.45) is -0.478. The summed E-state index contributed by atoms with van der Waals surface area (Å²) in [5.74, 6) is -2.00. The zero-order chi connectivity index (χ0) is 25.5. The molecule has 4 rings (SSSR count). The van der Waals surface area contributed by atoms with Crippen LogP contribution in [-0.4, -0.2) is 36.9 Å². The molecule has 1 aromatic carbocycles. The fourth-order valence-corrected chi connectivity index (χ4v) is 4.38. The minimum atomic E-state index is -4.69. The van der Waals surface area contributed by atoms with E-state index in [-0.39, 0.29) is 17.6 Å². The third kappa shape index (κ3) is 5.29. The van der Waals surface area contributed by atoms with Crippen molar-refractivity contribution in [2.75, 3.05) is 5.32 Å². The molecule has 0 bridgehead atoms. The molecule has 1 aliphatic carbocycles. The number of aliphatic carboxylic acids is 1. The number of carboxylic acid groups (broad SMARTS) is 1. The first-order valence-electron chi connectivity index (χ1n) is 11.2. The average Bonchev–Trinajstić information content (AvgIpc) is 3.20. The number of benzene rings is 1. The fourth-order valence-electron chi connectivity index (χ4n) is 4.38. The van der Waals surface area contributed by atoms with E-state index < -0.39 is 35.0 Å². The van der Waals surface area contributed by atoms with Crippen LogP contribution in [0.25, 0.3) is 10.9 Å². The molecule has 35 heavy (non-hydrogen) atoms. The van der Waals surface area contributed by atoms with Gasteiger partial charge in [-0.1, -0.05) is 6.07 Å². The molecule has 3 N–H and O–H groups in total. The van der Waals surface area contributed by atoms with Gasteiger partial charge >= 0.3 is 12.1 Å². The quantitative estimate of drug-likeness (QED) is 0.475. The first-order chi connectivity index (χ1) is 16.3. The van der Waals surface area contributed by atoms with Crippen LogP contribution in [0.4, 0.5) is 18.9 Å². The fraction of sp³-hybridized carbons (Fsp3) is 0.417. The molecule has 0 radical (unpaired) electrons. The number of carboxylic acids is 1. The van der Waals surface area contributed by atoms with Gasteiger partial charge in [0.2, 0.25) is 0 Å². The molecule has 1 fully saturated rings. The number of pyridine rings is 1. The van der Waals surface area contributed by atoms with Crippen LogP contribution in [0.5, 0.6) is 0 Å². The maximum atomic E-state index is 13.0. The Morgan fingerprint density at radius 2 is 1.80 bits per heavy atom. The maximum Gasteiger partial charge on any atom is 0.433 e. The number of aromatic nitrogens is 3. The SMILES string of the molecule is CC(C)(O)c1cc2nn(C3CCC(C(=O)O)CC3)cc2cc1NC(=O)c1cccc(C(F)(F)F)n1. The lowest BCUT2D eigenvalue weighted by Gasteiger charge is -2.26. The average molecular weight is 490 g/mol. The van der Waals surface area contributed by atoms with Crippen molar-refractivity contribution in [3.63, 3.8) is 0 Å². The number of rotatable bonds is 5. The summed E-state index contributed by atoms with van der Waals surface area (Å²) in [7, 11) is 0. The Kier molecular flexibility index (Phi) is 6.31. The van der Waals surface area contributed by atoms with Crippen LogP contribution in [0, 0.1) is 5.92 Å². The molecule has 1 amide bonds. The molecule has 11 heteroatoms. The van der Waals surface area contributed by atoms with E-state index >= 15 is 0 Å². The highest BCUT2D eigenvalue weighted by Crippen LogP contribution is 2.36. The second kappa shape index (κ2) is 8.95. The van der Waals surface area contributed by atoms with Crippen LogP contribution in [-0.2, 0) is 16.6 Å². The Morgan fingerprint density at radius 3 is 2.40 bits per heavy atom. The van der Waals surface area contributed by atoms with Crippen molar-refractivity contribution in [1.29, 1.82) is 0 Å². The Bertz CT molecular complexity index is 1270. The number of hydrogen-bond acceptors (Lipinski definition) is 5. The number of aliphatic hydroxyl groups is 1. The molecular formula is C24H25F3N4O4. The molecule has 186 valence electrons. The predicted octanol–water partition coefficient (Wildman–Crippen LogP) is 4.75. The molecule has 3 aromatic rings. The van der Waals surface area contributed by atoms with Gasteiger partial charge in [-0.15, -0.1) is 0 Å². The summed E-state index contributed by atoms with van der Waals surface area (Å²) in [6.45, 7) is 3.05. The monoisotopic (exact) mass is 490 g/mol. The summed E-state index contributed by atoms with van der Waals surface area (Å²) in [6, 6.07) is 6.33. The lowest BCUT2D eigenvalue weighted by atomic mass is 9.86. The molecule has 0 atom stereocenters. The number of hydrogen-bond donors (Lipinski definition) is 3. The second-order valence-electron chi connectivity index (χ2n) is 9.33. The third-order valence-electron chi connectivity index (χ3n) is 6.26. The van der Waals surface area contributed by atoms with E-state index in [0.29, 0.717) is 42.1 Å². The Balaban J connectivity index is 1.65. The van der Waals surface area contributed by atoms with Gasteiger partial charge in [0.05, 0.1) is 23.1 Å². The molecule has 1 saturated carbocycles. The van der Waals surface area contributed by atoms with Crippen molar-refractivity contribution in [2.45, 2.75) is 57.3 Å². The number of nitrogens with zero attached hydrogens (tertiary/aromatic N) is 3. The van der Waals surface area contributed by atoms with Crippen LogP contribution in [0.1, 0.15) is 67.3 Å². The van der Waals surface area contributed by atoms with E-state index in [2.05, 4.69) is 15.4 Å². The highest BCUT2D eigenvalue weighted by Gasteiger charge is 2.33. The van der Waals surface area contributed by atoms with Crippen molar-refractivity contribution in [3.05, 3.63) is 53.5 Å². The Morgan fingerprint density at radius 1 is 1.11 bits per heavy atom. The first-order valence-corrected chi connectivity index (χ1v) is 11.2. The number of carbonyl (C=O) groups excluding carboxylic acids is 1. The van der Waals surface area contributed by atoms with Gasteiger partial charge in [-0.05, 0) is 63.8 Å². The third-order valence-corrected chi connectivity index (χ3v) is 6.26. The minimum Gasteiger partial charge on any atom is -0.481 e. The largest absolute Gasteiger partial charge is 0.481 e.